The first-order valence-corrected chi connectivity index (χ1v) is 8.49. The minimum atomic E-state index is 1.28. The van der Waals surface area contributed by atoms with Crippen molar-refractivity contribution in [2.45, 2.75) is 105 Å². The van der Waals surface area contributed by atoms with Crippen molar-refractivity contribution in [1.29, 1.82) is 0 Å². The van der Waals surface area contributed by atoms with Crippen molar-refractivity contribution < 1.29 is 0 Å². The minimum Gasteiger partial charge on any atom is -0.0713 e. The van der Waals surface area contributed by atoms with Crippen molar-refractivity contribution in [3.63, 3.8) is 0 Å². The van der Waals surface area contributed by atoms with E-state index in [2.05, 4.69) is 27.7 Å². The lowest BCUT2D eigenvalue weighted by Gasteiger charge is -2.13. The fourth-order valence-corrected chi connectivity index (χ4v) is 2.74. The number of hydrogen-bond acceptors (Lipinski definition) is 0. The molecule has 0 saturated carbocycles. The topological polar surface area (TPSA) is 0 Å². The number of hydrogen-bond donors (Lipinski definition) is 0. The Bertz CT molecular complexity index is 178. The third kappa shape index (κ3) is 8.78. The van der Waals surface area contributed by atoms with E-state index >= 15 is 0 Å². The van der Waals surface area contributed by atoms with E-state index in [9.17, 15) is 0 Å². The number of allylic oxidation sites excluding steroid dienone is 2. The lowest BCUT2D eigenvalue weighted by atomic mass is 9.93. The zero-order chi connectivity index (χ0) is 13.6. The second-order valence-electron chi connectivity index (χ2n) is 5.54. The SMILES string of the molecule is CCCCCCC(CC)=C(CC)CCCCCC. The van der Waals surface area contributed by atoms with Gasteiger partial charge in [-0.15, -0.1) is 0 Å². The van der Waals surface area contributed by atoms with Gasteiger partial charge < -0.3 is 0 Å². The van der Waals surface area contributed by atoms with E-state index in [1.54, 1.807) is 11.1 Å². The molecule has 0 aliphatic carbocycles. The molecule has 0 fully saturated rings. The molecule has 0 aromatic rings. The molecule has 108 valence electrons. The van der Waals surface area contributed by atoms with Crippen LogP contribution in [0.2, 0.25) is 0 Å². The summed E-state index contributed by atoms with van der Waals surface area (Å²) < 4.78 is 0. The van der Waals surface area contributed by atoms with Crippen LogP contribution in [0.1, 0.15) is 105 Å². The van der Waals surface area contributed by atoms with Crippen molar-refractivity contribution >= 4 is 0 Å². The second-order valence-corrected chi connectivity index (χ2v) is 5.54. The van der Waals surface area contributed by atoms with Gasteiger partial charge in [-0.05, 0) is 38.5 Å². The molecule has 0 bridgehead atoms. The maximum atomic E-state index is 2.34. The van der Waals surface area contributed by atoms with E-state index in [1.165, 1.54) is 77.0 Å². The lowest BCUT2D eigenvalue weighted by Crippen LogP contribution is -1.93. The third-order valence-electron chi connectivity index (χ3n) is 4.02. The molecular weight excluding hydrogens is 216 g/mol. The molecule has 18 heavy (non-hydrogen) atoms. The summed E-state index contributed by atoms with van der Waals surface area (Å²) in [5.74, 6) is 0. The lowest BCUT2D eigenvalue weighted by molar-refractivity contribution is 0.632. The van der Waals surface area contributed by atoms with Crippen molar-refractivity contribution in [3.8, 4) is 0 Å². The zero-order valence-corrected chi connectivity index (χ0v) is 13.5. The summed E-state index contributed by atoms with van der Waals surface area (Å²) in [7, 11) is 0. The summed E-state index contributed by atoms with van der Waals surface area (Å²) in [6.07, 6.45) is 16.5. The largest absolute Gasteiger partial charge is 0.0713 e. The van der Waals surface area contributed by atoms with Crippen LogP contribution in [0.15, 0.2) is 11.1 Å². The molecule has 0 heteroatoms. The van der Waals surface area contributed by atoms with Gasteiger partial charge >= 0.3 is 0 Å². The van der Waals surface area contributed by atoms with Gasteiger partial charge in [0.15, 0.2) is 0 Å². The summed E-state index contributed by atoms with van der Waals surface area (Å²) in [5, 5.41) is 0. The minimum absolute atomic E-state index is 1.28. The molecule has 0 aromatic heterocycles. The van der Waals surface area contributed by atoms with E-state index in [0.717, 1.165) is 0 Å². The predicted octanol–water partition coefficient (Wildman–Crippen LogP) is 7.04. The molecule has 0 N–H and O–H groups in total. The van der Waals surface area contributed by atoms with Crippen LogP contribution in [0.25, 0.3) is 0 Å². The number of rotatable bonds is 12. The summed E-state index contributed by atoms with van der Waals surface area (Å²) in [6, 6.07) is 0. The Kier molecular flexibility index (Phi) is 13.0. The van der Waals surface area contributed by atoms with Crippen LogP contribution in [0.3, 0.4) is 0 Å². The molecule has 0 nitrogen and oxygen atoms in total. The van der Waals surface area contributed by atoms with Crippen LogP contribution in [0.4, 0.5) is 0 Å². The van der Waals surface area contributed by atoms with Gasteiger partial charge in [0, 0.05) is 0 Å². The van der Waals surface area contributed by atoms with Gasteiger partial charge in [-0.2, -0.15) is 0 Å². The molecule has 0 atom stereocenters. The molecule has 0 aliphatic heterocycles. The highest BCUT2D eigenvalue weighted by molar-refractivity contribution is 5.13. The molecular formula is C18H36. The summed E-state index contributed by atoms with van der Waals surface area (Å²) in [6.45, 7) is 9.28. The Balaban J connectivity index is 4.07. The maximum absolute atomic E-state index is 2.34. The molecule has 0 amide bonds. The molecule has 0 spiro atoms. The van der Waals surface area contributed by atoms with Crippen LogP contribution < -0.4 is 0 Å². The van der Waals surface area contributed by atoms with Crippen molar-refractivity contribution in [2.75, 3.05) is 0 Å². The van der Waals surface area contributed by atoms with Gasteiger partial charge in [-0.1, -0.05) is 77.4 Å². The molecule has 0 rings (SSSR count). The summed E-state index contributed by atoms with van der Waals surface area (Å²) in [4.78, 5) is 0. The molecule has 0 aromatic carbocycles. The second kappa shape index (κ2) is 13.2. The normalized spacial score (nSPS) is 12.7. The third-order valence-corrected chi connectivity index (χ3v) is 4.02. The van der Waals surface area contributed by atoms with E-state index in [1.807, 2.05) is 0 Å². The molecule has 0 saturated heterocycles. The maximum Gasteiger partial charge on any atom is -0.0318 e. The highest BCUT2D eigenvalue weighted by atomic mass is 14.1. The predicted molar refractivity (Wildman–Crippen MR) is 85.1 cm³/mol. The fourth-order valence-electron chi connectivity index (χ4n) is 2.74. The van der Waals surface area contributed by atoms with Gasteiger partial charge in [0.05, 0.1) is 0 Å². The molecule has 0 aliphatic rings. The van der Waals surface area contributed by atoms with E-state index in [-0.39, 0.29) is 0 Å². The Labute approximate surface area is 116 Å². The summed E-state index contributed by atoms with van der Waals surface area (Å²) >= 11 is 0. The Morgan fingerprint density at radius 3 is 1.17 bits per heavy atom. The van der Waals surface area contributed by atoms with Crippen LogP contribution in [-0.4, -0.2) is 0 Å². The highest BCUT2D eigenvalue weighted by Crippen LogP contribution is 2.24. The molecule has 0 radical (unpaired) electrons. The Hall–Kier alpha value is -0.260. The average molecular weight is 252 g/mol. The van der Waals surface area contributed by atoms with E-state index in [4.69, 9.17) is 0 Å². The first kappa shape index (κ1) is 17.7. The Morgan fingerprint density at radius 2 is 0.889 bits per heavy atom. The fraction of sp³-hybridized carbons (Fsp3) is 0.889. The van der Waals surface area contributed by atoms with E-state index in [0.29, 0.717) is 0 Å². The smallest absolute Gasteiger partial charge is 0.0318 e. The Morgan fingerprint density at radius 1 is 0.500 bits per heavy atom. The highest BCUT2D eigenvalue weighted by Gasteiger charge is 2.04. The first-order chi connectivity index (χ1) is 8.79. The van der Waals surface area contributed by atoms with Crippen LogP contribution >= 0.6 is 0 Å². The van der Waals surface area contributed by atoms with Crippen molar-refractivity contribution in [3.05, 3.63) is 11.1 Å². The van der Waals surface area contributed by atoms with Gasteiger partial charge in [-0.25, -0.2) is 0 Å². The zero-order valence-electron chi connectivity index (χ0n) is 13.5. The van der Waals surface area contributed by atoms with Crippen molar-refractivity contribution in [2.24, 2.45) is 0 Å². The van der Waals surface area contributed by atoms with Crippen LogP contribution in [0.5, 0.6) is 0 Å². The van der Waals surface area contributed by atoms with E-state index < -0.39 is 0 Å². The van der Waals surface area contributed by atoms with Gasteiger partial charge in [-0.3, -0.25) is 0 Å². The van der Waals surface area contributed by atoms with Crippen LogP contribution in [0, 0.1) is 0 Å². The standard InChI is InChI=1S/C18H36/c1-5-9-11-13-15-17(7-3)18(8-4)16-14-12-10-6-2/h5-16H2,1-4H3. The quantitative estimate of drug-likeness (QED) is 0.258. The van der Waals surface area contributed by atoms with Gasteiger partial charge in [0.1, 0.15) is 0 Å². The first-order valence-electron chi connectivity index (χ1n) is 8.49. The van der Waals surface area contributed by atoms with Crippen LogP contribution in [-0.2, 0) is 0 Å². The molecule has 0 unspecified atom stereocenters. The van der Waals surface area contributed by atoms with Gasteiger partial charge in [0.25, 0.3) is 0 Å². The van der Waals surface area contributed by atoms with Gasteiger partial charge in [0.2, 0.25) is 0 Å². The molecule has 0 heterocycles. The monoisotopic (exact) mass is 252 g/mol. The summed E-state index contributed by atoms with van der Waals surface area (Å²) in [5.41, 5.74) is 3.57. The number of unbranched alkanes of at least 4 members (excludes halogenated alkanes) is 6. The average Bonchev–Trinajstić information content (AvgIpc) is 2.40. The van der Waals surface area contributed by atoms with Crippen molar-refractivity contribution in [1.82, 2.24) is 0 Å².